The predicted octanol–water partition coefficient (Wildman–Crippen LogP) is 4.00. The highest BCUT2D eigenvalue weighted by Gasteiger charge is 2.24. The first-order valence-corrected chi connectivity index (χ1v) is 9.60. The van der Waals surface area contributed by atoms with E-state index < -0.39 is 9.89 Å². The smallest absolute Gasteiger partial charge is 0.414 e. The number of rotatable bonds is 6. The summed E-state index contributed by atoms with van der Waals surface area (Å²) in [5.74, 6) is 0.747. The first-order valence-electron chi connectivity index (χ1n) is 8.46. The number of alkyl halides is 3. The van der Waals surface area contributed by atoms with Crippen LogP contribution in [0, 0.1) is 0 Å². The minimum absolute atomic E-state index is 0.0993. The average molecular weight is 451 g/mol. The fourth-order valence-electron chi connectivity index (χ4n) is 2.16. The molecule has 0 fully saturated rings. The molecule has 1 heterocycles. The third kappa shape index (κ3) is 6.74. The number of benzene rings is 1. The average Bonchev–Trinajstić information content (AvgIpc) is 3.02. The van der Waals surface area contributed by atoms with Gasteiger partial charge in [0.1, 0.15) is 12.4 Å². The van der Waals surface area contributed by atoms with Gasteiger partial charge in [-0.25, -0.2) is 9.48 Å². The molecule has 1 amide bonds. The van der Waals surface area contributed by atoms with Crippen molar-refractivity contribution in [2.24, 2.45) is 0 Å². The molecule has 2 rings (SSSR count). The molecule has 0 bridgehead atoms. The van der Waals surface area contributed by atoms with Crippen molar-refractivity contribution in [1.29, 1.82) is 0 Å². The fraction of sp³-hybridized carbons (Fsp3) is 0.444. The van der Waals surface area contributed by atoms with Gasteiger partial charge in [0.15, 0.2) is 0 Å². The summed E-state index contributed by atoms with van der Waals surface area (Å²) in [6, 6.07) is 8.71. The van der Waals surface area contributed by atoms with E-state index in [1.807, 2.05) is 20.8 Å². The molecule has 154 valence electrons. The van der Waals surface area contributed by atoms with Gasteiger partial charge in [0, 0.05) is 17.5 Å². The van der Waals surface area contributed by atoms with Gasteiger partial charge in [0.2, 0.25) is 9.67 Å². The fourth-order valence-corrected chi connectivity index (χ4v) is 2.36. The number of carbonyl (C=O) groups excluding carboxylic acids is 1. The number of aromatic nitrogens is 2. The van der Waals surface area contributed by atoms with Crippen LogP contribution in [0.1, 0.15) is 26.5 Å². The molecule has 2 aromatic rings. The van der Waals surface area contributed by atoms with Crippen molar-refractivity contribution in [1.82, 2.24) is 15.1 Å². The number of hydrogen-bond acceptors (Lipinski definition) is 5. The molecule has 0 aliphatic heterocycles. The van der Waals surface area contributed by atoms with Crippen molar-refractivity contribution in [3.05, 3.63) is 36.0 Å². The van der Waals surface area contributed by atoms with Crippen molar-refractivity contribution < 1.29 is 19.4 Å². The summed E-state index contributed by atoms with van der Waals surface area (Å²) in [4.78, 5) is 12.1. The quantitative estimate of drug-likeness (QED) is 0.650. The van der Waals surface area contributed by atoms with E-state index in [0.29, 0.717) is 11.4 Å². The van der Waals surface area contributed by atoms with Gasteiger partial charge in [0.25, 0.3) is 0 Å². The Hall–Kier alpha value is -1.67. The minimum atomic E-state index is -1.63. The minimum Gasteiger partial charge on any atom is -0.491 e. The van der Waals surface area contributed by atoms with E-state index in [0.717, 1.165) is 5.69 Å². The zero-order valence-electron chi connectivity index (χ0n) is 15.7. The summed E-state index contributed by atoms with van der Waals surface area (Å²) in [7, 11) is 0. The van der Waals surface area contributed by atoms with E-state index in [1.54, 1.807) is 30.3 Å². The highest BCUT2D eigenvalue weighted by molar-refractivity contribution is 6.67. The molecular formula is C18H22Cl3N3O4. The number of carbonyl (C=O) groups is 1. The molecule has 1 aromatic carbocycles. The Morgan fingerprint density at radius 2 is 1.96 bits per heavy atom. The molecular weight excluding hydrogens is 429 g/mol. The number of nitrogens with one attached hydrogen (secondary N) is 1. The number of amides is 1. The van der Waals surface area contributed by atoms with E-state index in [-0.39, 0.29) is 31.1 Å². The molecule has 0 saturated heterocycles. The van der Waals surface area contributed by atoms with E-state index in [9.17, 15) is 4.79 Å². The molecule has 28 heavy (non-hydrogen) atoms. The van der Waals surface area contributed by atoms with Crippen molar-refractivity contribution in [3.8, 4) is 17.3 Å². The largest absolute Gasteiger partial charge is 0.491 e. The van der Waals surface area contributed by atoms with E-state index >= 15 is 0 Å². The summed E-state index contributed by atoms with van der Waals surface area (Å²) in [6.07, 6.45) is -0.777. The highest BCUT2D eigenvalue weighted by atomic mass is 35.6. The molecule has 1 aromatic heterocycles. The molecule has 0 unspecified atom stereocenters. The highest BCUT2D eigenvalue weighted by Crippen LogP contribution is 2.29. The van der Waals surface area contributed by atoms with Crippen LogP contribution < -0.4 is 14.8 Å². The van der Waals surface area contributed by atoms with Crippen molar-refractivity contribution in [2.45, 2.75) is 30.0 Å². The Morgan fingerprint density at radius 1 is 1.25 bits per heavy atom. The monoisotopic (exact) mass is 449 g/mol. The summed E-state index contributed by atoms with van der Waals surface area (Å²) in [6.45, 7) is 5.84. The van der Waals surface area contributed by atoms with E-state index in [1.165, 1.54) is 4.68 Å². The van der Waals surface area contributed by atoms with Crippen molar-refractivity contribution in [2.75, 3.05) is 19.8 Å². The lowest BCUT2D eigenvalue weighted by atomic mass is 9.93. The Kier molecular flexibility index (Phi) is 7.45. The lowest BCUT2D eigenvalue weighted by Gasteiger charge is -2.14. The Labute approximate surface area is 178 Å². The first kappa shape index (κ1) is 22.6. The van der Waals surface area contributed by atoms with Crippen LogP contribution in [0.5, 0.6) is 11.6 Å². The Morgan fingerprint density at radius 3 is 2.57 bits per heavy atom. The van der Waals surface area contributed by atoms with E-state index in [4.69, 9.17) is 49.4 Å². The molecule has 7 nitrogen and oxygen atoms in total. The van der Waals surface area contributed by atoms with Crippen LogP contribution in [-0.4, -0.2) is 44.5 Å². The van der Waals surface area contributed by atoms with Crippen LogP contribution in [0.25, 0.3) is 5.69 Å². The summed E-state index contributed by atoms with van der Waals surface area (Å²) in [5, 5.41) is 15.9. The Balaban J connectivity index is 2.32. The second kappa shape index (κ2) is 9.22. The summed E-state index contributed by atoms with van der Waals surface area (Å²) >= 11 is 16.9. The second-order valence-electron chi connectivity index (χ2n) is 6.96. The molecule has 0 atom stereocenters. The SMILES string of the molecule is CC(C)(C)c1cc(OC(=O)NCC(Cl)(Cl)Cl)n(-c2cccc(OCCO)c2)n1. The number of aliphatic hydroxyl groups is 1. The standard InChI is InChI=1S/C18H22Cl3N3O4/c1-17(2,3)14-10-15(28-16(26)22-11-18(19,20)21)24(23-14)12-5-4-6-13(9-12)27-8-7-25/h4-6,9-10,25H,7-8,11H2,1-3H3,(H,22,26). The predicted molar refractivity (Wildman–Crippen MR) is 109 cm³/mol. The van der Waals surface area contributed by atoms with Crippen LogP contribution in [-0.2, 0) is 5.41 Å². The van der Waals surface area contributed by atoms with Gasteiger partial charge in [-0.05, 0) is 12.1 Å². The van der Waals surface area contributed by atoms with Crippen LogP contribution in [0.3, 0.4) is 0 Å². The molecule has 0 radical (unpaired) electrons. The van der Waals surface area contributed by atoms with Crippen LogP contribution in [0.15, 0.2) is 30.3 Å². The molecule has 2 N–H and O–H groups in total. The number of nitrogens with zero attached hydrogens (tertiary/aromatic N) is 2. The topological polar surface area (TPSA) is 85.6 Å². The molecule has 0 aliphatic rings. The van der Waals surface area contributed by atoms with Gasteiger partial charge >= 0.3 is 6.09 Å². The normalized spacial score (nSPS) is 12.0. The molecule has 10 heteroatoms. The van der Waals surface area contributed by atoms with Crippen molar-refractivity contribution in [3.63, 3.8) is 0 Å². The van der Waals surface area contributed by atoms with Gasteiger partial charge < -0.3 is 19.9 Å². The van der Waals surface area contributed by atoms with Crippen LogP contribution in [0.2, 0.25) is 0 Å². The van der Waals surface area contributed by atoms with Crippen molar-refractivity contribution >= 4 is 40.9 Å². The maximum Gasteiger partial charge on any atom is 0.414 e. The third-order valence-corrected chi connectivity index (χ3v) is 3.90. The number of aliphatic hydroxyl groups excluding tert-OH is 1. The number of halogens is 3. The van der Waals surface area contributed by atoms with Gasteiger partial charge in [-0.15, -0.1) is 0 Å². The Bertz CT molecular complexity index is 813. The van der Waals surface area contributed by atoms with Crippen LogP contribution in [0.4, 0.5) is 4.79 Å². The summed E-state index contributed by atoms with van der Waals surface area (Å²) < 4.78 is 10.7. The molecule has 0 saturated carbocycles. The maximum atomic E-state index is 12.1. The lowest BCUT2D eigenvalue weighted by molar-refractivity contribution is 0.197. The summed E-state index contributed by atoms with van der Waals surface area (Å²) in [5.41, 5.74) is 1.07. The zero-order valence-corrected chi connectivity index (χ0v) is 18.0. The maximum absolute atomic E-state index is 12.1. The number of hydrogen-bond donors (Lipinski definition) is 2. The third-order valence-electron chi connectivity index (χ3n) is 3.50. The van der Waals surface area contributed by atoms with Gasteiger partial charge in [-0.3, -0.25) is 0 Å². The first-order chi connectivity index (χ1) is 13.0. The number of ether oxygens (including phenoxy) is 2. The molecule has 0 aliphatic carbocycles. The van der Waals surface area contributed by atoms with Gasteiger partial charge in [0.05, 0.1) is 24.5 Å². The molecule has 0 spiro atoms. The zero-order chi connectivity index (χ0) is 20.9. The van der Waals surface area contributed by atoms with Crippen LogP contribution >= 0.6 is 34.8 Å². The van der Waals surface area contributed by atoms with Gasteiger partial charge in [-0.2, -0.15) is 5.10 Å². The lowest BCUT2D eigenvalue weighted by Crippen LogP contribution is -2.34. The van der Waals surface area contributed by atoms with Gasteiger partial charge in [-0.1, -0.05) is 61.6 Å². The second-order valence-corrected chi connectivity index (χ2v) is 9.47. The van der Waals surface area contributed by atoms with E-state index in [2.05, 4.69) is 10.4 Å².